The van der Waals surface area contributed by atoms with E-state index in [0.717, 1.165) is 19.3 Å². The van der Waals surface area contributed by atoms with Crippen molar-refractivity contribution in [1.29, 1.82) is 0 Å². The molecule has 2 rings (SSSR count). The van der Waals surface area contributed by atoms with Crippen molar-refractivity contribution in [2.24, 2.45) is 23.0 Å². The molecule has 1 amide bonds. The van der Waals surface area contributed by atoms with Crippen molar-refractivity contribution in [3.8, 4) is 0 Å². The van der Waals surface area contributed by atoms with Gasteiger partial charge in [0.05, 0.1) is 0 Å². The molecule has 3 nitrogen and oxygen atoms in total. The highest BCUT2D eigenvalue weighted by Crippen LogP contribution is 2.40. The van der Waals surface area contributed by atoms with Crippen LogP contribution in [0.1, 0.15) is 59.3 Å². The molecule has 0 aromatic rings. The van der Waals surface area contributed by atoms with E-state index in [2.05, 4.69) is 12.2 Å². The number of hydrogen-bond donors (Lipinski definition) is 2. The van der Waals surface area contributed by atoms with Crippen LogP contribution in [-0.4, -0.2) is 18.0 Å². The second-order valence-electron chi connectivity index (χ2n) is 6.92. The summed E-state index contributed by atoms with van der Waals surface area (Å²) in [5, 5.41) is 3.34. The summed E-state index contributed by atoms with van der Waals surface area (Å²) >= 11 is 0. The molecule has 2 bridgehead atoms. The fraction of sp³-hybridized carbons (Fsp3) is 0.933. The Morgan fingerprint density at radius 1 is 1.26 bits per heavy atom. The van der Waals surface area contributed by atoms with Gasteiger partial charge in [-0.1, -0.05) is 27.2 Å². The smallest absolute Gasteiger partial charge is 0.225 e. The highest BCUT2D eigenvalue weighted by molar-refractivity contribution is 5.85. The standard InChI is InChI=1S/C15H28N2O.ClH/c1-4-15(2,3)14(18)17-13-10-6-5-7-11(13)9-12(16)8-10;/h10-13H,4-9,16H2,1-3H3,(H,17,18);1H. The number of halogens is 1. The second-order valence-corrected chi connectivity index (χ2v) is 6.92. The second kappa shape index (κ2) is 6.45. The minimum Gasteiger partial charge on any atom is -0.352 e. The molecule has 0 heterocycles. The van der Waals surface area contributed by atoms with E-state index in [0.29, 0.717) is 23.9 Å². The van der Waals surface area contributed by atoms with Crippen LogP contribution in [0.2, 0.25) is 0 Å². The number of nitrogens with one attached hydrogen (secondary N) is 1. The average molecular weight is 289 g/mol. The summed E-state index contributed by atoms with van der Waals surface area (Å²) in [4.78, 5) is 12.3. The van der Waals surface area contributed by atoms with Gasteiger partial charge in [0.2, 0.25) is 5.91 Å². The first kappa shape index (κ1) is 16.8. The molecule has 2 aliphatic rings. The van der Waals surface area contributed by atoms with Crippen molar-refractivity contribution in [2.75, 3.05) is 0 Å². The van der Waals surface area contributed by atoms with Crippen molar-refractivity contribution in [1.82, 2.24) is 5.32 Å². The fourth-order valence-electron chi connectivity index (χ4n) is 3.53. The number of fused-ring (bicyclic) bond motifs is 2. The molecular formula is C15H29ClN2O. The summed E-state index contributed by atoms with van der Waals surface area (Å²) in [5.41, 5.74) is 5.88. The van der Waals surface area contributed by atoms with Crippen molar-refractivity contribution in [2.45, 2.75) is 71.4 Å². The zero-order chi connectivity index (χ0) is 13.3. The number of amides is 1. The van der Waals surface area contributed by atoms with Crippen LogP contribution in [0.15, 0.2) is 0 Å². The van der Waals surface area contributed by atoms with E-state index >= 15 is 0 Å². The third kappa shape index (κ3) is 3.63. The first-order valence-corrected chi connectivity index (χ1v) is 7.50. The third-order valence-electron chi connectivity index (χ3n) is 5.17. The molecule has 3 N–H and O–H groups in total. The predicted molar refractivity (Wildman–Crippen MR) is 81.3 cm³/mol. The van der Waals surface area contributed by atoms with Crippen LogP contribution < -0.4 is 11.1 Å². The lowest BCUT2D eigenvalue weighted by Gasteiger charge is -2.46. The summed E-state index contributed by atoms with van der Waals surface area (Å²) < 4.78 is 0. The highest BCUT2D eigenvalue weighted by atomic mass is 35.5. The zero-order valence-corrected chi connectivity index (χ0v) is 13.3. The SMILES string of the molecule is CCC(C)(C)C(=O)NC1C2CCCC1CC(N)C2.Cl. The van der Waals surface area contributed by atoms with E-state index in [4.69, 9.17) is 5.73 Å². The van der Waals surface area contributed by atoms with Gasteiger partial charge in [-0.15, -0.1) is 12.4 Å². The summed E-state index contributed by atoms with van der Waals surface area (Å²) in [5.74, 6) is 1.45. The third-order valence-corrected chi connectivity index (χ3v) is 5.17. The van der Waals surface area contributed by atoms with E-state index in [1.165, 1.54) is 19.3 Å². The Morgan fingerprint density at radius 3 is 2.26 bits per heavy atom. The summed E-state index contributed by atoms with van der Waals surface area (Å²) in [6, 6.07) is 0.740. The van der Waals surface area contributed by atoms with Gasteiger partial charge in [0.1, 0.15) is 0 Å². The topological polar surface area (TPSA) is 55.1 Å². The minimum absolute atomic E-state index is 0. The lowest BCUT2D eigenvalue weighted by molar-refractivity contribution is -0.132. The maximum Gasteiger partial charge on any atom is 0.225 e. The van der Waals surface area contributed by atoms with E-state index < -0.39 is 0 Å². The number of carbonyl (C=O) groups excluding carboxylic acids is 1. The summed E-state index contributed by atoms with van der Waals surface area (Å²) in [6.07, 6.45) is 6.86. The first-order valence-electron chi connectivity index (χ1n) is 7.50. The van der Waals surface area contributed by atoms with Gasteiger partial charge in [-0.3, -0.25) is 4.79 Å². The lowest BCUT2D eigenvalue weighted by atomic mass is 9.66. The molecule has 19 heavy (non-hydrogen) atoms. The Hall–Kier alpha value is -0.280. The van der Waals surface area contributed by atoms with Crippen LogP contribution in [0.4, 0.5) is 0 Å². The van der Waals surface area contributed by atoms with Crippen LogP contribution in [0.5, 0.6) is 0 Å². The Morgan fingerprint density at radius 2 is 1.79 bits per heavy atom. The van der Waals surface area contributed by atoms with Gasteiger partial charge in [0.25, 0.3) is 0 Å². The number of hydrogen-bond acceptors (Lipinski definition) is 2. The first-order chi connectivity index (χ1) is 8.44. The molecule has 2 fully saturated rings. The molecule has 0 spiro atoms. The Bertz CT molecular complexity index is 305. The number of nitrogens with two attached hydrogens (primary N) is 1. The summed E-state index contributed by atoms with van der Waals surface area (Å²) in [6.45, 7) is 6.15. The number of rotatable bonds is 3. The van der Waals surface area contributed by atoms with E-state index in [1.807, 2.05) is 13.8 Å². The molecule has 0 saturated heterocycles. The van der Waals surface area contributed by atoms with Gasteiger partial charge in [0, 0.05) is 17.5 Å². The van der Waals surface area contributed by atoms with Gasteiger partial charge < -0.3 is 11.1 Å². The fourth-order valence-corrected chi connectivity index (χ4v) is 3.53. The number of carbonyl (C=O) groups is 1. The minimum atomic E-state index is -0.242. The zero-order valence-electron chi connectivity index (χ0n) is 12.4. The molecule has 0 aromatic heterocycles. The van der Waals surface area contributed by atoms with Crippen LogP contribution in [-0.2, 0) is 4.79 Å². The van der Waals surface area contributed by atoms with Crippen LogP contribution in [0.3, 0.4) is 0 Å². The Kier molecular flexibility index (Phi) is 5.69. The average Bonchev–Trinajstić information content (AvgIpc) is 2.30. The van der Waals surface area contributed by atoms with Gasteiger partial charge in [-0.2, -0.15) is 0 Å². The van der Waals surface area contributed by atoms with Crippen molar-refractivity contribution >= 4 is 18.3 Å². The Balaban J connectivity index is 0.00000180. The van der Waals surface area contributed by atoms with Gasteiger partial charge in [-0.05, 0) is 43.9 Å². The molecule has 112 valence electrons. The van der Waals surface area contributed by atoms with Gasteiger partial charge in [0.15, 0.2) is 0 Å². The van der Waals surface area contributed by atoms with Crippen molar-refractivity contribution in [3.05, 3.63) is 0 Å². The predicted octanol–water partition coefficient (Wildman–Crippen LogP) is 2.87. The van der Waals surface area contributed by atoms with Gasteiger partial charge in [-0.25, -0.2) is 0 Å². The normalized spacial score (nSPS) is 34.3. The van der Waals surface area contributed by atoms with Crippen LogP contribution in [0, 0.1) is 17.3 Å². The highest BCUT2D eigenvalue weighted by Gasteiger charge is 2.41. The monoisotopic (exact) mass is 288 g/mol. The maximum absolute atomic E-state index is 12.3. The van der Waals surface area contributed by atoms with Crippen LogP contribution >= 0.6 is 12.4 Å². The largest absolute Gasteiger partial charge is 0.352 e. The molecule has 0 radical (unpaired) electrons. The molecular weight excluding hydrogens is 260 g/mol. The Labute approximate surface area is 123 Å². The summed E-state index contributed by atoms with van der Waals surface area (Å²) in [7, 11) is 0. The van der Waals surface area contributed by atoms with Crippen molar-refractivity contribution < 1.29 is 4.79 Å². The lowest BCUT2D eigenvalue weighted by Crippen LogP contribution is -2.55. The quantitative estimate of drug-likeness (QED) is 0.839. The van der Waals surface area contributed by atoms with Crippen LogP contribution in [0.25, 0.3) is 0 Å². The molecule has 0 aliphatic heterocycles. The van der Waals surface area contributed by atoms with E-state index in [-0.39, 0.29) is 23.7 Å². The van der Waals surface area contributed by atoms with E-state index in [9.17, 15) is 4.79 Å². The molecule has 0 aromatic carbocycles. The molecule has 2 unspecified atom stereocenters. The molecule has 4 heteroatoms. The molecule has 2 saturated carbocycles. The molecule has 2 aliphatic carbocycles. The van der Waals surface area contributed by atoms with E-state index in [1.54, 1.807) is 0 Å². The molecule has 2 atom stereocenters. The van der Waals surface area contributed by atoms with Crippen molar-refractivity contribution in [3.63, 3.8) is 0 Å². The maximum atomic E-state index is 12.3. The van der Waals surface area contributed by atoms with Gasteiger partial charge >= 0.3 is 0 Å².